The number of rotatable bonds is 2. The molecule has 1 saturated heterocycles. The normalized spacial score (nSPS) is 20.0. The summed E-state index contributed by atoms with van der Waals surface area (Å²) in [7, 11) is 2.08. The van der Waals surface area contributed by atoms with Gasteiger partial charge in [0.25, 0.3) is 5.91 Å². The zero-order chi connectivity index (χ0) is 13.4. The Morgan fingerprint density at radius 2 is 2.26 bits per heavy atom. The Kier molecular flexibility index (Phi) is 3.03. The van der Waals surface area contributed by atoms with E-state index in [1.54, 1.807) is 0 Å². The Hall–Kier alpha value is -1.81. The lowest BCUT2D eigenvalue weighted by Crippen LogP contribution is -2.36. The third-order valence-electron chi connectivity index (χ3n) is 3.75. The zero-order valence-electron chi connectivity index (χ0n) is 11.4. The Balaban J connectivity index is 1.78. The number of nitrogens with zero attached hydrogens (tertiary/aromatic N) is 1. The number of carbonyl (C=O) groups is 1. The SMILES string of the molecule is Cc1ccc2[nH]c(C(=O)N[C@@H]3CCN(C)C3)cc2c1. The van der Waals surface area contributed by atoms with E-state index >= 15 is 0 Å². The van der Waals surface area contributed by atoms with Gasteiger partial charge in [-0.3, -0.25) is 4.79 Å². The van der Waals surface area contributed by atoms with E-state index in [-0.39, 0.29) is 11.9 Å². The molecule has 1 aliphatic rings. The summed E-state index contributed by atoms with van der Waals surface area (Å²) in [5.41, 5.74) is 2.87. The molecule has 0 radical (unpaired) electrons. The lowest BCUT2D eigenvalue weighted by Gasteiger charge is -2.11. The minimum Gasteiger partial charge on any atom is -0.351 e. The second kappa shape index (κ2) is 4.70. The molecule has 3 rings (SSSR count). The number of aromatic amines is 1. The van der Waals surface area contributed by atoms with E-state index in [1.807, 2.05) is 18.2 Å². The van der Waals surface area contributed by atoms with E-state index in [9.17, 15) is 4.79 Å². The highest BCUT2D eigenvalue weighted by Crippen LogP contribution is 2.17. The number of hydrogen-bond acceptors (Lipinski definition) is 2. The summed E-state index contributed by atoms with van der Waals surface area (Å²) < 4.78 is 0. The maximum atomic E-state index is 12.2. The molecule has 1 aromatic carbocycles. The van der Waals surface area contributed by atoms with Crippen molar-refractivity contribution in [1.29, 1.82) is 0 Å². The van der Waals surface area contributed by atoms with Crippen LogP contribution in [-0.4, -0.2) is 42.0 Å². The second-order valence-corrected chi connectivity index (χ2v) is 5.50. The maximum absolute atomic E-state index is 12.2. The smallest absolute Gasteiger partial charge is 0.267 e. The largest absolute Gasteiger partial charge is 0.351 e. The molecular formula is C15H19N3O. The lowest BCUT2D eigenvalue weighted by atomic mass is 10.2. The molecule has 1 amide bonds. The van der Waals surface area contributed by atoms with Gasteiger partial charge in [0, 0.05) is 23.5 Å². The number of likely N-dealkylation sites (tertiary alicyclic amines) is 1. The molecule has 0 aliphatic carbocycles. The fraction of sp³-hybridized carbons (Fsp3) is 0.400. The topological polar surface area (TPSA) is 48.1 Å². The van der Waals surface area contributed by atoms with Crippen molar-refractivity contribution >= 4 is 16.8 Å². The van der Waals surface area contributed by atoms with Gasteiger partial charge in [0.15, 0.2) is 0 Å². The molecule has 4 heteroatoms. The summed E-state index contributed by atoms with van der Waals surface area (Å²) in [5, 5.41) is 4.18. The monoisotopic (exact) mass is 257 g/mol. The maximum Gasteiger partial charge on any atom is 0.267 e. The first kappa shape index (κ1) is 12.2. The van der Waals surface area contributed by atoms with Gasteiger partial charge in [-0.05, 0) is 45.1 Å². The number of likely N-dealkylation sites (N-methyl/N-ethyl adjacent to an activating group) is 1. The highest BCUT2D eigenvalue weighted by molar-refractivity contribution is 5.98. The van der Waals surface area contributed by atoms with Crippen LogP contribution in [0.15, 0.2) is 24.3 Å². The van der Waals surface area contributed by atoms with Crippen LogP contribution >= 0.6 is 0 Å². The van der Waals surface area contributed by atoms with Gasteiger partial charge >= 0.3 is 0 Å². The van der Waals surface area contributed by atoms with Gasteiger partial charge in [-0.1, -0.05) is 11.6 Å². The Bertz CT molecular complexity index is 617. The molecule has 19 heavy (non-hydrogen) atoms. The number of fused-ring (bicyclic) bond motifs is 1. The van der Waals surface area contributed by atoms with Crippen molar-refractivity contribution in [3.8, 4) is 0 Å². The molecule has 0 unspecified atom stereocenters. The summed E-state index contributed by atoms with van der Waals surface area (Å²) in [5.74, 6) is -0.00541. The first-order valence-electron chi connectivity index (χ1n) is 6.70. The molecule has 0 spiro atoms. The average Bonchev–Trinajstić information content (AvgIpc) is 2.95. The number of benzene rings is 1. The molecule has 2 heterocycles. The molecule has 1 aromatic heterocycles. The summed E-state index contributed by atoms with van der Waals surface area (Å²) >= 11 is 0. The fourth-order valence-corrected chi connectivity index (χ4v) is 2.69. The third kappa shape index (κ3) is 2.49. The average molecular weight is 257 g/mol. The lowest BCUT2D eigenvalue weighted by molar-refractivity contribution is 0.0934. The minimum absolute atomic E-state index is 0.00541. The third-order valence-corrected chi connectivity index (χ3v) is 3.75. The number of hydrogen-bond donors (Lipinski definition) is 2. The van der Waals surface area contributed by atoms with Crippen molar-refractivity contribution in [2.75, 3.05) is 20.1 Å². The molecule has 2 aromatic rings. The number of H-pyrrole nitrogens is 1. The van der Waals surface area contributed by atoms with Crippen LogP contribution in [0.3, 0.4) is 0 Å². The first-order valence-corrected chi connectivity index (χ1v) is 6.70. The van der Waals surface area contributed by atoms with Crippen molar-refractivity contribution < 1.29 is 4.79 Å². The summed E-state index contributed by atoms with van der Waals surface area (Å²) in [6.45, 7) is 4.04. The van der Waals surface area contributed by atoms with Crippen molar-refractivity contribution in [1.82, 2.24) is 15.2 Å². The van der Waals surface area contributed by atoms with Crippen LogP contribution < -0.4 is 5.32 Å². The van der Waals surface area contributed by atoms with Crippen molar-refractivity contribution in [3.05, 3.63) is 35.5 Å². The van der Waals surface area contributed by atoms with Crippen LogP contribution in [0.2, 0.25) is 0 Å². The molecule has 4 nitrogen and oxygen atoms in total. The molecule has 0 saturated carbocycles. The quantitative estimate of drug-likeness (QED) is 0.863. The van der Waals surface area contributed by atoms with Crippen LogP contribution in [0.4, 0.5) is 0 Å². The summed E-state index contributed by atoms with van der Waals surface area (Å²) in [6, 6.07) is 8.35. The molecule has 1 atom stereocenters. The first-order chi connectivity index (χ1) is 9.11. The number of amides is 1. The van der Waals surface area contributed by atoms with Gasteiger partial charge in [-0.15, -0.1) is 0 Å². The Morgan fingerprint density at radius 1 is 1.42 bits per heavy atom. The molecule has 2 N–H and O–H groups in total. The number of carbonyl (C=O) groups excluding carboxylic acids is 1. The van der Waals surface area contributed by atoms with Crippen molar-refractivity contribution in [3.63, 3.8) is 0 Å². The fourth-order valence-electron chi connectivity index (χ4n) is 2.69. The minimum atomic E-state index is -0.00541. The molecule has 0 bridgehead atoms. The van der Waals surface area contributed by atoms with Gasteiger partial charge < -0.3 is 15.2 Å². The molecule has 100 valence electrons. The van der Waals surface area contributed by atoms with Crippen LogP contribution in [0.25, 0.3) is 10.9 Å². The van der Waals surface area contributed by atoms with Crippen LogP contribution in [0.1, 0.15) is 22.5 Å². The zero-order valence-corrected chi connectivity index (χ0v) is 11.4. The molecular weight excluding hydrogens is 238 g/mol. The van der Waals surface area contributed by atoms with E-state index in [1.165, 1.54) is 5.56 Å². The highest BCUT2D eigenvalue weighted by Gasteiger charge is 2.22. The van der Waals surface area contributed by atoms with Gasteiger partial charge in [-0.2, -0.15) is 0 Å². The summed E-state index contributed by atoms with van der Waals surface area (Å²) in [6.07, 6.45) is 1.03. The van der Waals surface area contributed by atoms with E-state index in [0.29, 0.717) is 5.69 Å². The molecule has 1 fully saturated rings. The number of nitrogens with one attached hydrogen (secondary N) is 2. The van der Waals surface area contributed by atoms with Gasteiger partial charge in [0.2, 0.25) is 0 Å². The Morgan fingerprint density at radius 3 is 3.00 bits per heavy atom. The summed E-state index contributed by atoms with van der Waals surface area (Å²) in [4.78, 5) is 17.6. The standard InChI is InChI=1S/C15H19N3O/c1-10-3-4-13-11(7-10)8-14(17-13)15(19)16-12-5-6-18(2)9-12/h3-4,7-8,12,17H,5-6,9H2,1-2H3,(H,16,19)/t12-/m1/s1. The van der Waals surface area contributed by atoms with Crippen LogP contribution in [0.5, 0.6) is 0 Å². The van der Waals surface area contributed by atoms with Gasteiger partial charge in [0.05, 0.1) is 0 Å². The van der Waals surface area contributed by atoms with Crippen LogP contribution in [-0.2, 0) is 0 Å². The van der Waals surface area contributed by atoms with E-state index in [0.717, 1.165) is 30.4 Å². The number of aromatic nitrogens is 1. The van der Waals surface area contributed by atoms with E-state index in [2.05, 4.69) is 35.2 Å². The Labute approximate surface area is 112 Å². The number of aryl methyl sites for hydroxylation is 1. The van der Waals surface area contributed by atoms with Crippen molar-refractivity contribution in [2.45, 2.75) is 19.4 Å². The predicted molar refractivity (Wildman–Crippen MR) is 76.4 cm³/mol. The predicted octanol–water partition coefficient (Wildman–Crippen LogP) is 1.91. The highest BCUT2D eigenvalue weighted by atomic mass is 16.1. The van der Waals surface area contributed by atoms with E-state index in [4.69, 9.17) is 0 Å². The second-order valence-electron chi connectivity index (χ2n) is 5.50. The van der Waals surface area contributed by atoms with Gasteiger partial charge in [0.1, 0.15) is 5.69 Å². The molecule has 1 aliphatic heterocycles. The van der Waals surface area contributed by atoms with Crippen molar-refractivity contribution in [2.24, 2.45) is 0 Å². The van der Waals surface area contributed by atoms with Crippen LogP contribution in [0, 0.1) is 6.92 Å². The van der Waals surface area contributed by atoms with E-state index < -0.39 is 0 Å². The van der Waals surface area contributed by atoms with Gasteiger partial charge in [-0.25, -0.2) is 0 Å².